The molecule has 12 aromatic heterocycles. The van der Waals surface area contributed by atoms with Gasteiger partial charge in [-0.3, -0.25) is 18.7 Å². The van der Waals surface area contributed by atoms with E-state index in [1.165, 1.54) is 77.2 Å². The number of aromatic nitrogens is 12. The van der Waals surface area contributed by atoms with Gasteiger partial charge in [0.1, 0.15) is 11.2 Å². The van der Waals surface area contributed by atoms with E-state index in [1.807, 2.05) is 206 Å². The minimum absolute atomic E-state index is 0. The van der Waals surface area contributed by atoms with Gasteiger partial charge in [0.2, 0.25) is 0 Å². The Labute approximate surface area is 757 Å². The maximum Gasteiger partial charge on any atom is 0.120 e. The van der Waals surface area contributed by atoms with Crippen LogP contribution < -0.4 is 0 Å². The molecule has 114 heavy (non-hydrogen) atoms. The number of hydrogen-bond donors (Lipinski definition) is 0. The topological polar surface area (TPSA) is 133 Å². The summed E-state index contributed by atoms with van der Waals surface area (Å²) in [5.41, 5.74) is 9.48. The van der Waals surface area contributed by atoms with Crippen molar-refractivity contribution in [1.82, 2.24) is 58.7 Å². The van der Waals surface area contributed by atoms with Gasteiger partial charge in [-0.15, -0.1) is 11.5 Å². The predicted molar refractivity (Wildman–Crippen MR) is 439 cm³/mol. The van der Waals surface area contributed by atoms with Gasteiger partial charge in [0.05, 0.1) is 0 Å². The maximum atomic E-state index is 5.92. The van der Waals surface area contributed by atoms with Crippen LogP contribution in [0.4, 0.5) is 0 Å². The van der Waals surface area contributed by atoms with E-state index in [4.69, 9.17) is 8.83 Å². The predicted octanol–water partition coefficient (Wildman–Crippen LogP) is 21.3. The van der Waals surface area contributed by atoms with Crippen molar-refractivity contribution < 1.29 is 129 Å². The molecule has 0 saturated carbocycles. The SMILES string of the molecule is [Ir].[Ir].[Ir].[Ir].[Ir].[Ir].[c-]1ccc2c([se]c3ccccc32)c1-n1cccn1.[c-]1ccc2c([te]c3ccccc32)c1-n1cccn1.[c-]1ccc2c(oc3ccccc32)c1-n1cccn1.[c-]1ccc2c(sc3ccccc32)c1-n1cccn1.[c-]1ccc2oc3ccccc3c2c1-n1cccn1.[c-]1ccc2sc3ccccc3c2c1-n1cccn1. The van der Waals surface area contributed by atoms with Crippen molar-refractivity contribution in [3.63, 3.8) is 0 Å². The zero-order valence-corrected chi connectivity index (χ0v) is 79.0. The summed E-state index contributed by atoms with van der Waals surface area (Å²) in [6, 6.07) is 106. The van der Waals surface area contributed by atoms with E-state index in [-0.39, 0.29) is 141 Å². The zero-order valence-electron chi connectivity index (χ0n) is 59.0. The molecule has 12 aromatic carbocycles. The van der Waals surface area contributed by atoms with E-state index in [9.17, 15) is 0 Å². The van der Waals surface area contributed by atoms with Crippen molar-refractivity contribution >= 4 is 179 Å². The summed E-state index contributed by atoms with van der Waals surface area (Å²) in [4.78, 5) is 0. The van der Waals surface area contributed by atoms with Gasteiger partial charge in [-0.1, -0.05) is 99.0 Å². The van der Waals surface area contributed by atoms with Crippen LogP contribution in [-0.4, -0.2) is 93.6 Å². The number of fused-ring (bicyclic) bond motifs is 18. The average Bonchev–Trinajstić information content (AvgIpc) is 1.62. The Bertz CT molecular complexity index is 6510. The monoisotopic (exact) mass is 2770 g/mol. The van der Waals surface area contributed by atoms with E-state index in [1.54, 1.807) is 40.8 Å². The van der Waals surface area contributed by atoms with Crippen molar-refractivity contribution in [2.24, 2.45) is 0 Å². The Morgan fingerprint density at radius 2 is 0.719 bits per heavy atom. The Kier molecular flexibility index (Phi) is 27.6. The third-order valence-electron chi connectivity index (χ3n) is 18.3. The zero-order chi connectivity index (χ0) is 71.7. The van der Waals surface area contributed by atoms with Gasteiger partial charge in [0.25, 0.3) is 0 Å². The molecule has 6 radical (unpaired) electrons. The normalized spacial score (nSPS) is 10.7. The fourth-order valence-electron chi connectivity index (χ4n) is 13.5. The van der Waals surface area contributed by atoms with Crippen LogP contribution in [0.1, 0.15) is 0 Å². The molecule has 0 unspecified atom stereocenters. The second-order valence-corrected chi connectivity index (χ2v) is 32.0. The molecule has 0 aliphatic heterocycles. The molecule has 0 aliphatic carbocycles. The van der Waals surface area contributed by atoms with Crippen LogP contribution >= 0.6 is 22.7 Å². The van der Waals surface area contributed by atoms with Gasteiger partial charge in [0, 0.05) is 196 Å². The van der Waals surface area contributed by atoms with E-state index in [2.05, 4.69) is 200 Å². The van der Waals surface area contributed by atoms with E-state index in [0.717, 1.165) is 78.0 Å². The van der Waals surface area contributed by atoms with E-state index >= 15 is 0 Å². The molecule has 0 fully saturated rings. The smallest absolute Gasteiger partial charge is 0.120 e. The number of para-hydroxylation sites is 2. The molecule has 24 rings (SSSR count). The second-order valence-electron chi connectivity index (χ2n) is 24.7. The number of rotatable bonds is 6. The molecule has 24 aromatic rings. The third-order valence-corrected chi connectivity index (χ3v) is 26.5. The molecule has 12 heterocycles. The molecular formula is C90H54Ir6N12O2S2SeTe-6. The van der Waals surface area contributed by atoms with Crippen molar-refractivity contribution in [3.05, 3.63) is 366 Å². The molecule has 570 valence electrons. The van der Waals surface area contributed by atoms with Crippen molar-refractivity contribution in [3.8, 4) is 34.1 Å². The number of benzene rings is 12. The number of hydrogen-bond acceptors (Lipinski definition) is 10. The summed E-state index contributed by atoms with van der Waals surface area (Å²) < 4.78 is 33.8. The summed E-state index contributed by atoms with van der Waals surface area (Å²) in [6.07, 6.45) is 22.4. The van der Waals surface area contributed by atoms with Crippen molar-refractivity contribution in [1.29, 1.82) is 0 Å². The van der Waals surface area contributed by atoms with Crippen molar-refractivity contribution in [2.75, 3.05) is 0 Å². The van der Waals surface area contributed by atoms with Crippen LogP contribution in [0.25, 0.3) is 155 Å². The Hall–Kier alpha value is -8.85. The number of thiophene rings is 2. The molecule has 0 atom stereocenters. The molecule has 0 bridgehead atoms. The molecule has 14 nitrogen and oxygen atoms in total. The number of nitrogens with zero attached hydrogens (tertiary/aromatic N) is 12. The molecule has 0 aliphatic rings. The summed E-state index contributed by atoms with van der Waals surface area (Å²) >= 11 is 3.64. The Morgan fingerprint density at radius 3 is 1.35 bits per heavy atom. The number of furan rings is 2. The molecule has 24 heteroatoms. The third kappa shape index (κ3) is 16.5. The van der Waals surface area contributed by atoms with Gasteiger partial charge >= 0.3 is 225 Å². The molecule has 0 saturated heterocycles. The fraction of sp³-hybridized carbons (Fsp3) is 0. The summed E-state index contributed by atoms with van der Waals surface area (Å²) in [5, 5.41) is 40.7. The first-order valence-electron chi connectivity index (χ1n) is 34.5. The molecule has 0 spiro atoms. The summed E-state index contributed by atoms with van der Waals surface area (Å²) in [7, 11) is 0. The van der Waals surface area contributed by atoms with Crippen LogP contribution in [0.3, 0.4) is 0 Å². The molecule has 0 amide bonds. The molecule has 0 N–H and O–H groups in total. The quantitative estimate of drug-likeness (QED) is 0.119. The van der Waals surface area contributed by atoms with Gasteiger partial charge in [-0.05, 0) is 86.8 Å². The minimum atomic E-state index is -0.315. The average molecular weight is 2760 g/mol. The van der Waals surface area contributed by atoms with Gasteiger partial charge in [-0.25, -0.2) is 11.3 Å². The Balaban J connectivity index is 0.000000118. The van der Waals surface area contributed by atoms with Crippen LogP contribution in [-0.2, 0) is 121 Å². The van der Waals surface area contributed by atoms with E-state index in [0.29, 0.717) is 14.5 Å². The maximum absolute atomic E-state index is 5.92. The van der Waals surface area contributed by atoms with Crippen molar-refractivity contribution in [2.45, 2.75) is 0 Å². The first-order chi connectivity index (χ1) is 53.6. The standard InChI is InChI=1S/2C15H9N2O.2C15H9N2S.C15H9N2Se.C15H9N2Te.6Ir/c1-2-8-14-11(5-1)12-6-3-7-13(15(12)18-14)17-10-4-9-16-17;1-2-7-13-11(5-1)15-12(17-10-4-9-16-17)6-3-8-14(15)18-13;1-2-8-14-11(5-1)12-6-3-7-13(15(12)18-14)17-10-4-9-16-17;1-2-7-13-11(5-1)15-12(17-10-4-9-16-17)6-3-8-14(15)18-13;2*1-2-8-14-11(5-1)12-6-3-7-13(15(12)18-14)17-10-4-9-16-17;;;;;;/h1-6,8-10H;1-5,7-10H;1-6,8-10H;1-5,7-10H;2*1-6,8-10H;;;;;;/q6*-1;;;;;;. The molecular weight excluding hydrogens is 2710 g/mol. The van der Waals surface area contributed by atoms with Crippen LogP contribution in [0, 0.1) is 36.4 Å². The first kappa shape index (κ1) is 83.1. The fourth-order valence-corrected chi connectivity index (χ4v) is 21.7. The van der Waals surface area contributed by atoms with Crippen LogP contribution in [0.2, 0.25) is 0 Å². The van der Waals surface area contributed by atoms with Gasteiger partial charge in [-0.2, -0.15) is 98.5 Å². The minimum Gasteiger partial charge on any atom is -0.513 e. The van der Waals surface area contributed by atoms with Gasteiger partial charge < -0.3 is 8.83 Å². The van der Waals surface area contributed by atoms with Crippen LogP contribution in [0.15, 0.2) is 338 Å². The largest absolute Gasteiger partial charge is 0.513 e. The van der Waals surface area contributed by atoms with Crippen LogP contribution in [0.5, 0.6) is 0 Å². The first-order valence-corrected chi connectivity index (χ1v) is 40.2. The van der Waals surface area contributed by atoms with Gasteiger partial charge in [0.15, 0.2) is 0 Å². The van der Waals surface area contributed by atoms with E-state index < -0.39 is 0 Å². The summed E-state index contributed by atoms with van der Waals surface area (Å²) in [6.45, 7) is 0. The summed E-state index contributed by atoms with van der Waals surface area (Å²) in [5.74, 6) is 0. The second kappa shape index (κ2) is 37.8. The Morgan fingerprint density at radius 1 is 0.289 bits per heavy atom.